The van der Waals surface area contributed by atoms with Gasteiger partial charge in [0.1, 0.15) is 11.5 Å². The zero-order valence-electron chi connectivity index (χ0n) is 9.08. The SMILES string of the molecule is Cc1cc(C(=O)c2ccccc2I)c(C)o1. The van der Waals surface area contributed by atoms with Crippen LogP contribution in [0.4, 0.5) is 0 Å². The molecule has 0 aliphatic heterocycles. The smallest absolute Gasteiger partial charge is 0.197 e. The highest BCUT2D eigenvalue weighted by Crippen LogP contribution is 2.21. The van der Waals surface area contributed by atoms with Gasteiger partial charge in [-0.1, -0.05) is 12.1 Å². The molecule has 82 valence electrons. The van der Waals surface area contributed by atoms with Crippen molar-refractivity contribution in [1.82, 2.24) is 0 Å². The molecule has 0 aliphatic rings. The van der Waals surface area contributed by atoms with E-state index < -0.39 is 0 Å². The number of hydrogen-bond donors (Lipinski definition) is 0. The summed E-state index contributed by atoms with van der Waals surface area (Å²) in [4.78, 5) is 12.2. The van der Waals surface area contributed by atoms with Crippen LogP contribution in [-0.4, -0.2) is 5.78 Å². The Bertz CT molecular complexity index is 541. The maximum Gasteiger partial charge on any atom is 0.197 e. The van der Waals surface area contributed by atoms with Gasteiger partial charge >= 0.3 is 0 Å². The Morgan fingerprint density at radius 2 is 1.88 bits per heavy atom. The Morgan fingerprint density at radius 3 is 2.44 bits per heavy atom. The third-order valence-electron chi connectivity index (χ3n) is 2.40. The molecule has 1 aromatic heterocycles. The molecule has 0 saturated heterocycles. The van der Waals surface area contributed by atoms with Crippen molar-refractivity contribution in [2.24, 2.45) is 0 Å². The lowest BCUT2D eigenvalue weighted by Gasteiger charge is -2.01. The van der Waals surface area contributed by atoms with Crippen molar-refractivity contribution in [2.45, 2.75) is 13.8 Å². The molecule has 0 N–H and O–H groups in total. The minimum Gasteiger partial charge on any atom is -0.466 e. The highest BCUT2D eigenvalue weighted by Gasteiger charge is 2.17. The lowest BCUT2D eigenvalue weighted by Crippen LogP contribution is -2.03. The molecule has 1 aromatic carbocycles. The Morgan fingerprint density at radius 1 is 1.19 bits per heavy atom. The van der Waals surface area contributed by atoms with Crippen LogP contribution in [0.1, 0.15) is 27.4 Å². The largest absolute Gasteiger partial charge is 0.466 e. The third kappa shape index (κ3) is 2.04. The van der Waals surface area contributed by atoms with Gasteiger partial charge < -0.3 is 4.42 Å². The van der Waals surface area contributed by atoms with Gasteiger partial charge in [0.25, 0.3) is 0 Å². The van der Waals surface area contributed by atoms with Crippen LogP contribution in [0.3, 0.4) is 0 Å². The van der Waals surface area contributed by atoms with Gasteiger partial charge in [-0.25, -0.2) is 0 Å². The van der Waals surface area contributed by atoms with E-state index in [1.807, 2.05) is 38.1 Å². The highest BCUT2D eigenvalue weighted by molar-refractivity contribution is 14.1. The van der Waals surface area contributed by atoms with Gasteiger partial charge in [-0.2, -0.15) is 0 Å². The van der Waals surface area contributed by atoms with E-state index in [1.165, 1.54) is 0 Å². The van der Waals surface area contributed by atoms with Crippen molar-refractivity contribution in [3.8, 4) is 0 Å². The Hall–Kier alpha value is -1.10. The predicted octanol–water partition coefficient (Wildman–Crippen LogP) is 3.73. The van der Waals surface area contributed by atoms with Crippen LogP contribution in [0, 0.1) is 17.4 Å². The van der Waals surface area contributed by atoms with E-state index in [0.29, 0.717) is 11.3 Å². The van der Waals surface area contributed by atoms with E-state index in [2.05, 4.69) is 22.6 Å². The van der Waals surface area contributed by atoms with Gasteiger partial charge in [-0.15, -0.1) is 0 Å². The van der Waals surface area contributed by atoms with Crippen LogP contribution < -0.4 is 0 Å². The molecule has 0 unspecified atom stereocenters. The second-order valence-electron chi connectivity index (χ2n) is 3.64. The van der Waals surface area contributed by atoms with Crippen LogP contribution in [0.25, 0.3) is 0 Å². The normalized spacial score (nSPS) is 10.4. The lowest BCUT2D eigenvalue weighted by atomic mass is 10.0. The molecule has 0 saturated carbocycles. The topological polar surface area (TPSA) is 30.2 Å². The van der Waals surface area contributed by atoms with Crippen molar-refractivity contribution in [3.63, 3.8) is 0 Å². The lowest BCUT2D eigenvalue weighted by molar-refractivity contribution is 0.103. The summed E-state index contributed by atoms with van der Waals surface area (Å²) in [6.07, 6.45) is 0. The summed E-state index contributed by atoms with van der Waals surface area (Å²) in [7, 11) is 0. The summed E-state index contributed by atoms with van der Waals surface area (Å²) in [5.74, 6) is 1.48. The average molecular weight is 326 g/mol. The summed E-state index contributed by atoms with van der Waals surface area (Å²) in [5, 5.41) is 0. The Balaban J connectivity index is 2.47. The van der Waals surface area contributed by atoms with E-state index in [-0.39, 0.29) is 5.78 Å². The molecule has 0 atom stereocenters. The van der Waals surface area contributed by atoms with Crippen LogP contribution >= 0.6 is 22.6 Å². The van der Waals surface area contributed by atoms with Gasteiger partial charge in [-0.05, 0) is 54.6 Å². The number of benzene rings is 1. The molecule has 16 heavy (non-hydrogen) atoms. The number of rotatable bonds is 2. The number of aryl methyl sites for hydroxylation is 2. The third-order valence-corrected chi connectivity index (χ3v) is 3.34. The molecule has 0 fully saturated rings. The standard InChI is InChI=1S/C13H11IO2/c1-8-7-11(9(2)16-8)13(15)10-5-3-4-6-12(10)14/h3-7H,1-2H3. The van der Waals surface area contributed by atoms with E-state index >= 15 is 0 Å². The number of carbonyl (C=O) groups excluding carboxylic acids is 1. The Kier molecular flexibility index (Phi) is 3.14. The molecular formula is C13H11IO2. The van der Waals surface area contributed by atoms with Crippen molar-refractivity contribution < 1.29 is 9.21 Å². The van der Waals surface area contributed by atoms with E-state index in [1.54, 1.807) is 6.07 Å². The van der Waals surface area contributed by atoms with Crippen LogP contribution in [0.2, 0.25) is 0 Å². The fourth-order valence-corrected chi connectivity index (χ4v) is 2.28. The second-order valence-corrected chi connectivity index (χ2v) is 4.80. The van der Waals surface area contributed by atoms with Gasteiger partial charge in [0.2, 0.25) is 0 Å². The number of carbonyl (C=O) groups is 1. The van der Waals surface area contributed by atoms with Gasteiger partial charge in [0.05, 0.1) is 5.56 Å². The minimum atomic E-state index is 0.0272. The van der Waals surface area contributed by atoms with Gasteiger partial charge in [0.15, 0.2) is 5.78 Å². The molecule has 2 nitrogen and oxygen atoms in total. The summed E-state index contributed by atoms with van der Waals surface area (Å²) in [6.45, 7) is 3.66. The first kappa shape index (κ1) is 11.4. The average Bonchev–Trinajstić information content (AvgIpc) is 2.58. The number of halogens is 1. The minimum absolute atomic E-state index is 0.0272. The van der Waals surface area contributed by atoms with Crippen molar-refractivity contribution >= 4 is 28.4 Å². The first-order valence-corrected chi connectivity index (χ1v) is 6.03. The van der Waals surface area contributed by atoms with E-state index in [9.17, 15) is 4.79 Å². The molecule has 0 radical (unpaired) electrons. The molecule has 0 amide bonds. The quantitative estimate of drug-likeness (QED) is 0.622. The van der Waals surface area contributed by atoms with E-state index in [0.717, 1.165) is 14.9 Å². The van der Waals surface area contributed by atoms with Crippen LogP contribution in [0.15, 0.2) is 34.7 Å². The predicted molar refractivity (Wildman–Crippen MR) is 70.8 cm³/mol. The zero-order chi connectivity index (χ0) is 11.7. The fraction of sp³-hybridized carbons (Fsp3) is 0.154. The second kappa shape index (κ2) is 4.41. The number of hydrogen-bond acceptors (Lipinski definition) is 2. The zero-order valence-corrected chi connectivity index (χ0v) is 11.2. The van der Waals surface area contributed by atoms with Crippen molar-refractivity contribution in [2.75, 3.05) is 0 Å². The number of ketones is 1. The van der Waals surface area contributed by atoms with Crippen LogP contribution in [-0.2, 0) is 0 Å². The van der Waals surface area contributed by atoms with Gasteiger partial charge in [0, 0.05) is 9.13 Å². The summed E-state index contributed by atoms with van der Waals surface area (Å²) < 4.78 is 6.34. The molecule has 0 bridgehead atoms. The van der Waals surface area contributed by atoms with E-state index in [4.69, 9.17) is 4.42 Å². The molecule has 2 rings (SSSR count). The maximum atomic E-state index is 12.2. The van der Waals surface area contributed by atoms with Crippen LogP contribution in [0.5, 0.6) is 0 Å². The fourth-order valence-electron chi connectivity index (χ4n) is 1.65. The molecule has 0 aliphatic carbocycles. The molecule has 3 heteroatoms. The maximum absolute atomic E-state index is 12.2. The monoisotopic (exact) mass is 326 g/mol. The van der Waals surface area contributed by atoms with Crippen molar-refractivity contribution in [1.29, 1.82) is 0 Å². The molecular weight excluding hydrogens is 315 g/mol. The Labute approximate surface area is 108 Å². The molecule has 1 heterocycles. The van der Waals surface area contributed by atoms with Gasteiger partial charge in [-0.3, -0.25) is 4.79 Å². The first-order chi connectivity index (χ1) is 7.59. The number of furan rings is 1. The highest BCUT2D eigenvalue weighted by atomic mass is 127. The summed E-state index contributed by atoms with van der Waals surface area (Å²) >= 11 is 2.17. The van der Waals surface area contributed by atoms with Crippen molar-refractivity contribution in [3.05, 3.63) is 56.5 Å². The first-order valence-electron chi connectivity index (χ1n) is 4.96. The molecule has 2 aromatic rings. The summed E-state index contributed by atoms with van der Waals surface area (Å²) in [5.41, 5.74) is 1.38. The molecule has 0 spiro atoms. The summed E-state index contributed by atoms with van der Waals surface area (Å²) in [6, 6.07) is 9.35.